The van der Waals surface area contributed by atoms with E-state index < -0.39 is 0 Å². The number of carbonyl (C=O) groups excluding carboxylic acids is 2. The van der Waals surface area contributed by atoms with Gasteiger partial charge in [-0.2, -0.15) is 0 Å². The van der Waals surface area contributed by atoms with E-state index in [0.717, 1.165) is 19.3 Å². The summed E-state index contributed by atoms with van der Waals surface area (Å²) in [7, 11) is 1.38. The average molecular weight is 274 g/mol. The maximum atomic E-state index is 11.8. The Morgan fingerprint density at radius 2 is 1.90 bits per heavy atom. The number of rotatable bonds is 7. The Labute approximate surface area is 118 Å². The molecule has 0 bridgehead atoms. The van der Waals surface area contributed by atoms with Gasteiger partial charge in [-0.05, 0) is 12.8 Å². The SMILES string of the molecule is [C-]#[N+]c1ccc(C(=O)NCCCCCC(=O)OC)cc1. The first-order chi connectivity index (χ1) is 9.67. The van der Waals surface area contributed by atoms with Crippen molar-refractivity contribution in [3.8, 4) is 0 Å². The highest BCUT2D eigenvalue weighted by Crippen LogP contribution is 2.12. The standard InChI is InChI=1S/C15H18N2O3/c1-16-13-9-7-12(8-10-13)15(19)17-11-5-3-4-6-14(18)20-2/h7-10H,3-6,11H2,2H3,(H,17,19). The topological polar surface area (TPSA) is 59.8 Å². The fraction of sp³-hybridized carbons (Fsp3) is 0.400. The minimum absolute atomic E-state index is 0.144. The van der Waals surface area contributed by atoms with Crippen LogP contribution in [-0.4, -0.2) is 25.5 Å². The fourth-order valence-corrected chi connectivity index (χ4v) is 1.66. The van der Waals surface area contributed by atoms with Crippen molar-refractivity contribution in [1.29, 1.82) is 0 Å². The molecule has 0 aliphatic rings. The highest BCUT2D eigenvalue weighted by Gasteiger charge is 2.04. The molecule has 0 unspecified atom stereocenters. The molecule has 0 radical (unpaired) electrons. The Morgan fingerprint density at radius 1 is 1.20 bits per heavy atom. The number of esters is 1. The molecule has 0 aliphatic heterocycles. The number of carbonyl (C=O) groups is 2. The van der Waals surface area contributed by atoms with Crippen LogP contribution in [0, 0.1) is 6.57 Å². The lowest BCUT2D eigenvalue weighted by atomic mass is 10.1. The summed E-state index contributed by atoms with van der Waals surface area (Å²) in [5.41, 5.74) is 1.07. The van der Waals surface area contributed by atoms with Gasteiger partial charge in [0.2, 0.25) is 0 Å². The molecule has 0 atom stereocenters. The number of hydrogen-bond donors (Lipinski definition) is 1. The van der Waals surface area contributed by atoms with E-state index >= 15 is 0 Å². The molecule has 1 aromatic rings. The predicted molar refractivity (Wildman–Crippen MR) is 75.5 cm³/mol. The number of unbranched alkanes of at least 4 members (excludes halogenated alkanes) is 2. The van der Waals surface area contributed by atoms with Crippen molar-refractivity contribution in [3.05, 3.63) is 41.2 Å². The molecule has 1 aromatic carbocycles. The van der Waals surface area contributed by atoms with E-state index in [1.54, 1.807) is 24.3 Å². The van der Waals surface area contributed by atoms with Crippen LogP contribution in [0.3, 0.4) is 0 Å². The maximum Gasteiger partial charge on any atom is 0.305 e. The molecule has 20 heavy (non-hydrogen) atoms. The second-order valence-corrected chi connectivity index (χ2v) is 4.30. The van der Waals surface area contributed by atoms with Gasteiger partial charge in [-0.1, -0.05) is 30.7 Å². The molecule has 1 rings (SSSR count). The Kier molecular flexibility index (Phi) is 6.83. The van der Waals surface area contributed by atoms with Crippen LogP contribution in [-0.2, 0) is 9.53 Å². The molecule has 0 fully saturated rings. The largest absolute Gasteiger partial charge is 0.469 e. The summed E-state index contributed by atoms with van der Waals surface area (Å²) in [6.07, 6.45) is 2.87. The van der Waals surface area contributed by atoms with Crippen LogP contribution in [0.4, 0.5) is 5.69 Å². The van der Waals surface area contributed by atoms with Crippen molar-refractivity contribution in [1.82, 2.24) is 5.32 Å². The molecule has 5 heteroatoms. The lowest BCUT2D eigenvalue weighted by Gasteiger charge is -2.05. The van der Waals surface area contributed by atoms with Crippen molar-refractivity contribution in [2.45, 2.75) is 25.7 Å². The van der Waals surface area contributed by atoms with Gasteiger partial charge in [-0.3, -0.25) is 9.59 Å². The van der Waals surface area contributed by atoms with E-state index in [1.807, 2.05) is 0 Å². The first kappa shape index (κ1) is 15.7. The zero-order valence-electron chi connectivity index (χ0n) is 11.5. The zero-order valence-corrected chi connectivity index (χ0v) is 11.5. The van der Waals surface area contributed by atoms with Crippen LogP contribution >= 0.6 is 0 Å². The Bertz CT molecular complexity index is 489. The van der Waals surface area contributed by atoms with Crippen LogP contribution in [0.1, 0.15) is 36.0 Å². The molecule has 0 spiro atoms. The van der Waals surface area contributed by atoms with Gasteiger partial charge in [-0.15, -0.1) is 0 Å². The molecular formula is C15H18N2O3. The molecule has 0 aliphatic carbocycles. The van der Waals surface area contributed by atoms with Crippen molar-refractivity contribution in [2.75, 3.05) is 13.7 Å². The van der Waals surface area contributed by atoms with Gasteiger partial charge in [0.15, 0.2) is 5.69 Å². The molecular weight excluding hydrogens is 256 g/mol. The van der Waals surface area contributed by atoms with Gasteiger partial charge >= 0.3 is 5.97 Å². The minimum atomic E-state index is -0.200. The molecule has 1 amide bonds. The number of hydrogen-bond acceptors (Lipinski definition) is 3. The van der Waals surface area contributed by atoms with Crippen LogP contribution in [0.5, 0.6) is 0 Å². The van der Waals surface area contributed by atoms with E-state index in [2.05, 4.69) is 14.9 Å². The van der Waals surface area contributed by atoms with Crippen LogP contribution in [0.15, 0.2) is 24.3 Å². The number of benzene rings is 1. The van der Waals surface area contributed by atoms with Gasteiger partial charge in [-0.25, -0.2) is 4.85 Å². The van der Waals surface area contributed by atoms with Crippen molar-refractivity contribution in [3.63, 3.8) is 0 Å². The van der Waals surface area contributed by atoms with Crippen molar-refractivity contribution >= 4 is 17.6 Å². The van der Waals surface area contributed by atoms with E-state index in [4.69, 9.17) is 6.57 Å². The molecule has 106 valence electrons. The number of methoxy groups -OCH3 is 1. The van der Waals surface area contributed by atoms with E-state index in [0.29, 0.717) is 24.2 Å². The Balaban J connectivity index is 2.20. The quantitative estimate of drug-likeness (QED) is 0.472. The summed E-state index contributed by atoms with van der Waals surface area (Å²) in [6.45, 7) is 7.41. The fourth-order valence-electron chi connectivity index (χ4n) is 1.66. The van der Waals surface area contributed by atoms with Gasteiger partial charge in [0.05, 0.1) is 13.7 Å². The summed E-state index contributed by atoms with van der Waals surface area (Å²) in [5, 5.41) is 2.81. The van der Waals surface area contributed by atoms with Crippen molar-refractivity contribution in [2.24, 2.45) is 0 Å². The summed E-state index contributed by atoms with van der Waals surface area (Å²) < 4.78 is 4.54. The second-order valence-electron chi connectivity index (χ2n) is 4.30. The number of amides is 1. The average Bonchev–Trinajstić information content (AvgIpc) is 2.50. The van der Waals surface area contributed by atoms with Crippen LogP contribution in [0.25, 0.3) is 4.85 Å². The number of ether oxygens (including phenoxy) is 1. The van der Waals surface area contributed by atoms with E-state index in [1.165, 1.54) is 7.11 Å². The molecule has 0 saturated heterocycles. The van der Waals surface area contributed by atoms with Gasteiger partial charge in [0, 0.05) is 18.5 Å². The smallest absolute Gasteiger partial charge is 0.305 e. The van der Waals surface area contributed by atoms with Crippen LogP contribution < -0.4 is 5.32 Å². The van der Waals surface area contributed by atoms with E-state index in [-0.39, 0.29) is 11.9 Å². The number of nitrogens with one attached hydrogen (secondary N) is 1. The monoisotopic (exact) mass is 274 g/mol. The van der Waals surface area contributed by atoms with Gasteiger partial charge < -0.3 is 10.1 Å². The first-order valence-corrected chi connectivity index (χ1v) is 6.50. The third-order valence-electron chi connectivity index (χ3n) is 2.83. The van der Waals surface area contributed by atoms with E-state index in [9.17, 15) is 9.59 Å². The highest BCUT2D eigenvalue weighted by atomic mass is 16.5. The lowest BCUT2D eigenvalue weighted by molar-refractivity contribution is -0.140. The van der Waals surface area contributed by atoms with Crippen molar-refractivity contribution < 1.29 is 14.3 Å². The van der Waals surface area contributed by atoms with Crippen LogP contribution in [0.2, 0.25) is 0 Å². The number of nitrogens with zero attached hydrogens (tertiary/aromatic N) is 1. The summed E-state index contributed by atoms with van der Waals surface area (Å²) in [5.74, 6) is -0.344. The van der Waals surface area contributed by atoms with Gasteiger partial charge in [0.25, 0.3) is 5.91 Å². The summed E-state index contributed by atoms with van der Waals surface area (Å²) in [4.78, 5) is 25.9. The Morgan fingerprint density at radius 3 is 2.50 bits per heavy atom. The molecule has 5 nitrogen and oxygen atoms in total. The second kappa shape index (κ2) is 8.70. The van der Waals surface area contributed by atoms with Gasteiger partial charge in [0.1, 0.15) is 0 Å². The molecule has 1 N–H and O–H groups in total. The Hall–Kier alpha value is -2.35. The zero-order chi connectivity index (χ0) is 14.8. The third kappa shape index (κ3) is 5.53. The lowest BCUT2D eigenvalue weighted by Crippen LogP contribution is -2.24. The predicted octanol–water partition coefficient (Wildman–Crippen LogP) is 2.70. The molecule has 0 saturated carbocycles. The molecule has 0 heterocycles. The normalized spacial score (nSPS) is 9.60. The highest BCUT2D eigenvalue weighted by molar-refractivity contribution is 5.94. The first-order valence-electron chi connectivity index (χ1n) is 6.50. The third-order valence-corrected chi connectivity index (χ3v) is 2.83. The maximum absolute atomic E-state index is 11.8. The summed E-state index contributed by atoms with van der Waals surface area (Å²) in [6, 6.07) is 6.52. The summed E-state index contributed by atoms with van der Waals surface area (Å²) >= 11 is 0. The minimum Gasteiger partial charge on any atom is -0.469 e. The molecule has 0 aromatic heterocycles.